The number of nitrogens with zero attached hydrogens (tertiary/aromatic N) is 1. The van der Waals surface area contributed by atoms with Crippen molar-refractivity contribution >= 4 is 21.6 Å². The van der Waals surface area contributed by atoms with Gasteiger partial charge in [-0.05, 0) is 24.3 Å². The molecule has 16 heavy (non-hydrogen) atoms. The molecule has 1 atom stereocenters. The van der Waals surface area contributed by atoms with Crippen LogP contribution in [0, 0.1) is 0 Å². The molecule has 0 aliphatic carbocycles. The topological polar surface area (TPSA) is 46.3 Å². The molecule has 0 amide bonds. The first kappa shape index (κ1) is 9.57. The molecule has 0 aliphatic heterocycles. The Morgan fingerprint density at radius 1 is 1.19 bits per heavy atom. The first-order valence-electron chi connectivity index (χ1n) is 4.91. The maximum atomic E-state index is 10.0. The molecule has 0 saturated carbocycles. The Morgan fingerprint density at radius 2 is 2.06 bits per heavy atom. The van der Waals surface area contributed by atoms with Crippen LogP contribution in [0.3, 0.4) is 0 Å². The van der Waals surface area contributed by atoms with E-state index in [2.05, 4.69) is 4.98 Å². The molecule has 0 spiro atoms. The number of aliphatic hydroxyl groups is 1. The summed E-state index contributed by atoms with van der Waals surface area (Å²) in [6.07, 6.45) is 0.777. The van der Waals surface area contributed by atoms with Gasteiger partial charge >= 0.3 is 0 Å². The fraction of sp³-hybridized carbons (Fsp3) is 0.0833. The van der Waals surface area contributed by atoms with Gasteiger partial charge in [0.25, 0.3) is 0 Å². The smallest absolute Gasteiger partial charge is 0.163 e. The number of aromatic nitrogens is 1. The number of para-hydroxylation sites is 1. The minimum atomic E-state index is -0.771. The van der Waals surface area contributed by atoms with Crippen molar-refractivity contribution in [2.45, 2.75) is 6.10 Å². The van der Waals surface area contributed by atoms with Crippen LogP contribution in [-0.4, -0.2) is 10.1 Å². The second kappa shape index (κ2) is 3.73. The molecule has 3 aromatic rings. The second-order valence-electron chi connectivity index (χ2n) is 3.44. The average Bonchev–Trinajstić information content (AvgIpc) is 2.97. The molecule has 3 rings (SSSR count). The molecule has 3 nitrogen and oxygen atoms in total. The summed E-state index contributed by atoms with van der Waals surface area (Å²) in [7, 11) is 0. The highest BCUT2D eigenvalue weighted by Gasteiger charge is 2.17. The van der Waals surface area contributed by atoms with Crippen molar-refractivity contribution < 1.29 is 9.52 Å². The number of rotatable bonds is 2. The van der Waals surface area contributed by atoms with E-state index >= 15 is 0 Å². The fourth-order valence-corrected chi connectivity index (χ4v) is 2.54. The quantitative estimate of drug-likeness (QED) is 0.737. The summed E-state index contributed by atoms with van der Waals surface area (Å²) in [4.78, 5) is 4.38. The molecule has 1 N–H and O–H groups in total. The Hall–Kier alpha value is -1.65. The molecule has 0 fully saturated rings. The molecule has 0 radical (unpaired) electrons. The van der Waals surface area contributed by atoms with Crippen molar-refractivity contribution in [2.24, 2.45) is 0 Å². The predicted molar refractivity (Wildman–Crippen MR) is 62.4 cm³/mol. The lowest BCUT2D eigenvalue weighted by Crippen LogP contribution is -1.96. The molecular formula is C12H9NO2S. The van der Waals surface area contributed by atoms with Crippen LogP contribution < -0.4 is 0 Å². The fourth-order valence-electron chi connectivity index (χ4n) is 1.58. The number of fused-ring (bicyclic) bond motifs is 1. The zero-order valence-electron chi connectivity index (χ0n) is 8.33. The molecule has 0 bridgehead atoms. The van der Waals surface area contributed by atoms with Crippen LogP contribution in [0.4, 0.5) is 0 Å². The van der Waals surface area contributed by atoms with E-state index in [1.54, 1.807) is 18.4 Å². The van der Waals surface area contributed by atoms with Gasteiger partial charge in [0.15, 0.2) is 6.10 Å². The Labute approximate surface area is 96.0 Å². The van der Waals surface area contributed by atoms with Crippen LogP contribution in [0.25, 0.3) is 10.2 Å². The summed E-state index contributed by atoms with van der Waals surface area (Å²) >= 11 is 1.48. The van der Waals surface area contributed by atoms with E-state index < -0.39 is 6.10 Å². The monoisotopic (exact) mass is 231 g/mol. The molecule has 2 heterocycles. The van der Waals surface area contributed by atoms with Crippen molar-refractivity contribution in [2.75, 3.05) is 0 Å². The van der Waals surface area contributed by atoms with Gasteiger partial charge in [0.2, 0.25) is 0 Å². The van der Waals surface area contributed by atoms with E-state index in [9.17, 15) is 5.11 Å². The zero-order chi connectivity index (χ0) is 11.0. The maximum Gasteiger partial charge on any atom is 0.163 e. The van der Waals surface area contributed by atoms with Crippen LogP contribution in [-0.2, 0) is 0 Å². The normalized spacial score (nSPS) is 13.1. The van der Waals surface area contributed by atoms with Crippen LogP contribution in [0.15, 0.2) is 47.1 Å². The van der Waals surface area contributed by atoms with E-state index in [0.29, 0.717) is 10.8 Å². The van der Waals surface area contributed by atoms with E-state index in [0.717, 1.165) is 10.2 Å². The van der Waals surface area contributed by atoms with Gasteiger partial charge in [-0.25, -0.2) is 4.98 Å². The van der Waals surface area contributed by atoms with Crippen LogP contribution in [0.2, 0.25) is 0 Å². The van der Waals surface area contributed by atoms with Crippen LogP contribution >= 0.6 is 11.3 Å². The maximum absolute atomic E-state index is 10.0. The molecule has 2 aromatic heterocycles. The van der Waals surface area contributed by atoms with Crippen LogP contribution in [0.1, 0.15) is 16.9 Å². The average molecular weight is 231 g/mol. The predicted octanol–water partition coefficient (Wildman–Crippen LogP) is 2.97. The number of furan rings is 1. The minimum absolute atomic E-state index is 0.527. The van der Waals surface area contributed by atoms with Gasteiger partial charge < -0.3 is 9.52 Å². The SMILES string of the molecule is OC(c1ccco1)c1nc2ccccc2s1. The second-order valence-corrected chi connectivity index (χ2v) is 4.50. The first-order chi connectivity index (χ1) is 7.84. The van der Waals surface area contributed by atoms with Gasteiger partial charge in [-0.15, -0.1) is 11.3 Å². The van der Waals surface area contributed by atoms with Crippen molar-refractivity contribution in [1.82, 2.24) is 4.98 Å². The van der Waals surface area contributed by atoms with Gasteiger partial charge in [-0.1, -0.05) is 12.1 Å². The third kappa shape index (κ3) is 1.52. The molecular weight excluding hydrogens is 222 g/mol. The molecule has 4 heteroatoms. The lowest BCUT2D eigenvalue weighted by molar-refractivity contribution is 0.189. The summed E-state index contributed by atoms with van der Waals surface area (Å²) in [5.74, 6) is 0.527. The van der Waals surface area contributed by atoms with Gasteiger partial charge in [0.05, 0.1) is 16.5 Å². The largest absolute Gasteiger partial charge is 0.466 e. The van der Waals surface area contributed by atoms with Gasteiger partial charge in [0.1, 0.15) is 10.8 Å². The van der Waals surface area contributed by atoms with Crippen molar-refractivity contribution in [3.8, 4) is 0 Å². The molecule has 1 aromatic carbocycles. The Bertz CT molecular complexity index is 567. The van der Waals surface area contributed by atoms with E-state index in [4.69, 9.17) is 4.42 Å². The highest BCUT2D eigenvalue weighted by atomic mass is 32.1. The van der Waals surface area contributed by atoms with E-state index in [-0.39, 0.29) is 0 Å². The summed E-state index contributed by atoms with van der Waals surface area (Å²) < 4.78 is 6.23. The Balaban J connectivity index is 2.06. The number of thiazole rings is 1. The standard InChI is InChI=1S/C12H9NO2S/c14-11(9-5-3-7-15-9)12-13-8-4-1-2-6-10(8)16-12/h1-7,11,14H. The number of aliphatic hydroxyl groups excluding tert-OH is 1. The molecule has 1 unspecified atom stereocenters. The third-order valence-electron chi connectivity index (χ3n) is 2.36. The minimum Gasteiger partial charge on any atom is -0.466 e. The first-order valence-corrected chi connectivity index (χ1v) is 5.73. The van der Waals surface area contributed by atoms with Crippen molar-refractivity contribution in [1.29, 1.82) is 0 Å². The van der Waals surface area contributed by atoms with Gasteiger partial charge in [-0.3, -0.25) is 0 Å². The summed E-state index contributed by atoms with van der Waals surface area (Å²) in [6, 6.07) is 11.3. The highest BCUT2D eigenvalue weighted by Crippen LogP contribution is 2.29. The van der Waals surface area contributed by atoms with Crippen LogP contribution in [0.5, 0.6) is 0 Å². The molecule has 80 valence electrons. The zero-order valence-corrected chi connectivity index (χ0v) is 9.15. The molecule has 0 aliphatic rings. The third-order valence-corrected chi connectivity index (χ3v) is 3.45. The summed E-state index contributed by atoms with van der Waals surface area (Å²) in [5.41, 5.74) is 0.910. The lowest BCUT2D eigenvalue weighted by Gasteiger charge is -2.01. The highest BCUT2D eigenvalue weighted by molar-refractivity contribution is 7.18. The Morgan fingerprint density at radius 3 is 2.81 bits per heavy atom. The van der Waals surface area contributed by atoms with Crippen molar-refractivity contribution in [3.05, 3.63) is 53.4 Å². The lowest BCUT2D eigenvalue weighted by atomic mass is 10.3. The van der Waals surface area contributed by atoms with Crippen molar-refractivity contribution in [3.63, 3.8) is 0 Å². The van der Waals surface area contributed by atoms with Gasteiger partial charge in [-0.2, -0.15) is 0 Å². The van der Waals surface area contributed by atoms with Gasteiger partial charge in [0, 0.05) is 0 Å². The van der Waals surface area contributed by atoms with E-state index in [1.165, 1.54) is 11.3 Å². The van der Waals surface area contributed by atoms with E-state index in [1.807, 2.05) is 24.3 Å². The summed E-state index contributed by atoms with van der Waals surface area (Å²) in [6.45, 7) is 0. The molecule has 0 saturated heterocycles. The summed E-state index contributed by atoms with van der Waals surface area (Å²) in [5, 5.41) is 10.7. The Kier molecular flexibility index (Phi) is 2.23. The number of hydrogen-bond donors (Lipinski definition) is 1. The number of hydrogen-bond acceptors (Lipinski definition) is 4. The number of benzene rings is 1.